The molecular weight excluding hydrogens is 388 g/mol. The van der Waals surface area contributed by atoms with Crippen molar-refractivity contribution in [3.05, 3.63) is 59.3 Å². The van der Waals surface area contributed by atoms with Crippen LogP contribution in [-0.4, -0.2) is 40.0 Å². The first-order valence-corrected chi connectivity index (χ1v) is 9.25. The van der Waals surface area contributed by atoms with Crippen LogP contribution in [0.1, 0.15) is 18.5 Å². The van der Waals surface area contributed by atoms with Gasteiger partial charge in [-0.1, -0.05) is 23.3 Å². The summed E-state index contributed by atoms with van der Waals surface area (Å²) in [5.41, 5.74) is 2.48. The topological polar surface area (TPSA) is 112 Å². The molecule has 0 bridgehead atoms. The van der Waals surface area contributed by atoms with E-state index in [2.05, 4.69) is 26.2 Å². The molecule has 0 unspecified atom stereocenters. The van der Waals surface area contributed by atoms with Crippen LogP contribution < -0.4 is 24.8 Å². The molecule has 2 aliphatic rings. The molecule has 0 fully saturated rings. The molecule has 2 aromatic carbocycles. The normalized spacial score (nSPS) is 16.7. The maximum atomic E-state index is 13.4. The van der Waals surface area contributed by atoms with E-state index in [9.17, 15) is 4.79 Å². The van der Waals surface area contributed by atoms with Crippen LogP contribution >= 0.6 is 0 Å². The third-order valence-electron chi connectivity index (χ3n) is 5.03. The number of benzene rings is 2. The van der Waals surface area contributed by atoms with Crippen LogP contribution in [0.4, 0.5) is 11.6 Å². The van der Waals surface area contributed by atoms with Crippen molar-refractivity contribution in [1.82, 2.24) is 20.2 Å². The summed E-state index contributed by atoms with van der Waals surface area (Å²) >= 11 is 0. The first-order valence-electron chi connectivity index (χ1n) is 9.25. The highest BCUT2D eigenvalue weighted by molar-refractivity contribution is 6.06. The van der Waals surface area contributed by atoms with E-state index in [4.69, 9.17) is 14.2 Å². The van der Waals surface area contributed by atoms with Crippen LogP contribution in [0.15, 0.2) is 53.7 Å². The van der Waals surface area contributed by atoms with Crippen molar-refractivity contribution in [3.8, 4) is 17.2 Å². The minimum absolute atomic E-state index is 0.164. The summed E-state index contributed by atoms with van der Waals surface area (Å²) in [6.07, 6.45) is 0. The number of para-hydroxylation sites is 2. The monoisotopic (exact) mass is 406 g/mol. The van der Waals surface area contributed by atoms with Crippen LogP contribution in [0, 0.1) is 0 Å². The van der Waals surface area contributed by atoms with Crippen molar-refractivity contribution in [2.45, 2.75) is 13.0 Å². The maximum Gasteiger partial charge on any atom is 0.255 e. The molecule has 10 nitrogen and oxygen atoms in total. The number of methoxy groups -OCH3 is 1. The average molecular weight is 406 g/mol. The molecule has 0 spiro atoms. The van der Waals surface area contributed by atoms with Crippen LogP contribution in [0.5, 0.6) is 17.2 Å². The molecule has 0 aliphatic carbocycles. The second-order valence-electron chi connectivity index (χ2n) is 6.78. The average Bonchev–Trinajstić information content (AvgIpc) is 3.41. The van der Waals surface area contributed by atoms with E-state index in [-0.39, 0.29) is 12.7 Å². The Morgan fingerprint density at radius 2 is 2.07 bits per heavy atom. The number of allylic oxidation sites excluding steroid dienone is 1. The van der Waals surface area contributed by atoms with Crippen molar-refractivity contribution in [3.63, 3.8) is 0 Å². The summed E-state index contributed by atoms with van der Waals surface area (Å²) in [5.74, 6) is 1.99. The van der Waals surface area contributed by atoms with E-state index in [1.807, 2.05) is 37.3 Å². The summed E-state index contributed by atoms with van der Waals surface area (Å²) in [7, 11) is 1.56. The van der Waals surface area contributed by atoms with Crippen molar-refractivity contribution in [1.29, 1.82) is 0 Å². The van der Waals surface area contributed by atoms with Crippen molar-refractivity contribution in [2.24, 2.45) is 0 Å². The SMILES string of the molecule is COc1ccccc1NC(=O)C1=C(C)Nc2nnnn2[C@H]1c1ccc2c(c1)OCO2. The van der Waals surface area contributed by atoms with Gasteiger partial charge in [0, 0.05) is 5.70 Å². The third kappa shape index (κ3) is 2.89. The molecule has 1 aromatic heterocycles. The number of carbonyl (C=O) groups excluding carboxylic acids is 1. The lowest BCUT2D eigenvalue weighted by Crippen LogP contribution is -2.31. The van der Waals surface area contributed by atoms with Gasteiger partial charge in [-0.05, 0) is 47.2 Å². The number of anilines is 2. The predicted molar refractivity (Wildman–Crippen MR) is 106 cm³/mol. The Balaban J connectivity index is 1.57. The summed E-state index contributed by atoms with van der Waals surface area (Å²) in [4.78, 5) is 13.4. The Labute approximate surface area is 171 Å². The molecule has 0 saturated carbocycles. The molecular formula is C20H18N6O4. The first kappa shape index (κ1) is 18.0. The second kappa shape index (κ2) is 7.07. The maximum absolute atomic E-state index is 13.4. The standard InChI is InChI=1S/C20H18N6O4/c1-11-17(19(27)22-13-5-3-4-6-14(13)28-2)18(26-20(21-11)23-24-25-26)12-7-8-15-16(9-12)30-10-29-15/h3-9,18H,10H2,1-2H3,(H,22,27)(H,21,23,25)/t18-/m0/s1. The number of aromatic nitrogens is 4. The lowest BCUT2D eigenvalue weighted by atomic mass is 9.94. The number of nitrogens with zero attached hydrogens (tertiary/aromatic N) is 4. The molecule has 3 aromatic rings. The lowest BCUT2D eigenvalue weighted by molar-refractivity contribution is -0.113. The highest BCUT2D eigenvalue weighted by Gasteiger charge is 2.35. The van der Waals surface area contributed by atoms with Gasteiger partial charge in [-0.3, -0.25) is 4.79 Å². The van der Waals surface area contributed by atoms with E-state index >= 15 is 0 Å². The van der Waals surface area contributed by atoms with Gasteiger partial charge in [0.15, 0.2) is 11.5 Å². The van der Waals surface area contributed by atoms with E-state index in [1.54, 1.807) is 23.9 Å². The van der Waals surface area contributed by atoms with Crippen molar-refractivity contribution in [2.75, 3.05) is 24.5 Å². The highest BCUT2D eigenvalue weighted by atomic mass is 16.7. The number of rotatable bonds is 4. The van der Waals surface area contributed by atoms with Gasteiger partial charge in [-0.2, -0.15) is 4.68 Å². The van der Waals surface area contributed by atoms with Gasteiger partial charge in [0.2, 0.25) is 12.7 Å². The molecule has 152 valence electrons. The number of fused-ring (bicyclic) bond motifs is 2. The van der Waals surface area contributed by atoms with E-state index in [0.29, 0.717) is 40.2 Å². The van der Waals surface area contributed by atoms with E-state index in [1.165, 1.54) is 0 Å². The third-order valence-corrected chi connectivity index (χ3v) is 5.03. The molecule has 30 heavy (non-hydrogen) atoms. The Bertz CT molecular complexity index is 1170. The van der Waals surface area contributed by atoms with Gasteiger partial charge in [0.05, 0.1) is 18.4 Å². The van der Waals surface area contributed by atoms with Gasteiger partial charge in [-0.15, -0.1) is 0 Å². The number of hydrogen-bond donors (Lipinski definition) is 2. The molecule has 2 N–H and O–H groups in total. The van der Waals surface area contributed by atoms with Gasteiger partial charge in [0.1, 0.15) is 11.8 Å². The lowest BCUT2D eigenvalue weighted by Gasteiger charge is -2.28. The minimum atomic E-state index is -0.555. The molecule has 0 saturated heterocycles. The molecule has 1 atom stereocenters. The fourth-order valence-electron chi connectivity index (χ4n) is 3.64. The van der Waals surface area contributed by atoms with E-state index in [0.717, 1.165) is 5.56 Å². The Kier molecular flexibility index (Phi) is 4.24. The van der Waals surface area contributed by atoms with E-state index < -0.39 is 6.04 Å². The molecule has 3 heterocycles. The van der Waals surface area contributed by atoms with Gasteiger partial charge in [-0.25, -0.2) is 0 Å². The number of nitrogens with one attached hydrogen (secondary N) is 2. The molecule has 5 rings (SSSR count). The number of hydrogen-bond acceptors (Lipinski definition) is 8. The van der Waals surface area contributed by atoms with Crippen LogP contribution in [0.2, 0.25) is 0 Å². The van der Waals surface area contributed by atoms with Gasteiger partial charge >= 0.3 is 0 Å². The highest BCUT2D eigenvalue weighted by Crippen LogP contribution is 2.40. The zero-order valence-corrected chi connectivity index (χ0v) is 16.2. The van der Waals surface area contributed by atoms with Crippen LogP contribution in [0.3, 0.4) is 0 Å². The molecule has 10 heteroatoms. The smallest absolute Gasteiger partial charge is 0.255 e. The summed E-state index contributed by atoms with van der Waals surface area (Å²) in [6, 6.07) is 12.2. The fraction of sp³-hybridized carbons (Fsp3) is 0.200. The predicted octanol–water partition coefficient (Wildman–Crippen LogP) is 2.34. The summed E-state index contributed by atoms with van der Waals surface area (Å²) < 4.78 is 17.8. The Morgan fingerprint density at radius 1 is 1.23 bits per heavy atom. The number of ether oxygens (including phenoxy) is 3. The quantitative estimate of drug-likeness (QED) is 0.679. The molecule has 2 aliphatic heterocycles. The number of amides is 1. The van der Waals surface area contributed by atoms with Gasteiger partial charge < -0.3 is 24.8 Å². The first-order chi connectivity index (χ1) is 14.7. The van der Waals surface area contributed by atoms with Crippen molar-refractivity contribution >= 4 is 17.5 Å². The van der Waals surface area contributed by atoms with Crippen LogP contribution in [-0.2, 0) is 4.79 Å². The van der Waals surface area contributed by atoms with Crippen LogP contribution in [0.25, 0.3) is 0 Å². The van der Waals surface area contributed by atoms with Gasteiger partial charge in [0.25, 0.3) is 5.91 Å². The minimum Gasteiger partial charge on any atom is -0.495 e. The molecule has 1 amide bonds. The molecule has 0 radical (unpaired) electrons. The fourth-order valence-corrected chi connectivity index (χ4v) is 3.64. The summed E-state index contributed by atoms with van der Waals surface area (Å²) in [6.45, 7) is 1.98. The zero-order chi connectivity index (χ0) is 20.7. The number of tetrazole rings is 1. The number of carbonyl (C=O) groups is 1. The Morgan fingerprint density at radius 3 is 2.93 bits per heavy atom. The second-order valence-corrected chi connectivity index (χ2v) is 6.78. The van der Waals surface area contributed by atoms with Crippen molar-refractivity contribution < 1.29 is 19.0 Å². The zero-order valence-electron chi connectivity index (χ0n) is 16.2. The Hall–Kier alpha value is -4.08. The largest absolute Gasteiger partial charge is 0.495 e. The summed E-state index contributed by atoms with van der Waals surface area (Å²) in [5, 5.41) is 17.9.